The molecule has 88 valence electrons. The van der Waals surface area contributed by atoms with E-state index in [0.717, 1.165) is 32.5 Å². The van der Waals surface area contributed by atoms with E-state index in [-0.39, 0.29) is 0 Å². The second-order valence-corrected chi connectivity index (χ2v) is 4.33. The van der Waals surface area contributed by atoms with Gasteiger partial charge in [0.1, 0.15) is 0 Å². The summed E-state index contributed by atoms with van der Waals surface area (Å²) in [5, 5.41) is 0. The van der Waals surface area contributed by atoms with E-state index in [1.165, 1.54) is 32.1 Å². The van der Waals surface area contributed by atoms with E-state index in [1.54, 1.807) is 0 Å². The summed E-state index contributed by atoms with van der Waals surface area (Å²) < 4.78 is 0. The van der Waals surface area contributed by atoms with Gasteiger partial charge in [-0.3, -0.25) is 4.90 Å². The van der Waals surface area contributed by atoms with Crippen molar-refractivity contribution in [1.82, 2.24) is 4.90 Å². The maximum Gasteiger partial charge on any atom is 0.0609 e. The summed E-state index contributed by atoms with van der Waals surface area (Å²) in [4.78, 5) is 2.37. The van der Waals surface area contributed by atoms with Crippen molar-refractivity contribution in [2.45, 2.75) is 51.9 Å². The Kier molecular flexibility index (Phi) is 7.65. The van der Waals surface area contributed by atoms with E-state index < -0.39 is 0 Å². The fraction of sp³-hybridized carbons (Fsp3) is 0.733. The Morgan fingerprint density at radius 3 is 2.06 bits per heavy atom. The number of unbranched alkanes of at least 4 members (excludes halogenated alkanes) is 1. The molecule has 1 heteroatoms. The molecule has 0 radical (unpaired) electrons. The van der Waals surface area contributed by atoms with Gasteiger partial charge in [-0.25, -0.2) is 0 Å². The second-order valence-electron chi connectivity index (χ2n) is 4.33. The molecule has 16 heavy (non-hydrogen) atoms. The molecule has 0 aromatic rings. The predicted molar refractivity (Wildman–Crippen MR) is 70.0 cm³/mol. The lowest BCUT2D eigenvalue weighted by atomic mass is 10.1. The largest absolute Gasteiger partial charge is 0.281 e. The molecule has 1 aliphatic rings. The lowest BCUT2D eigenvalue weighted by Gasteiger charge is -2.15. The van der Waals surface area contributed by atoms with Crippen LogP contribution < -0.4 is 0 Å². The van der Waals surface area contributed by atoms with Gasteiger partial charge in [0.2, 0.25) is 0 Å². The highest BCUT2D eigenvalue weighted by Gasteiger charge is 1.99. The lowest BCUT2D eigenvalue weighted by molar-refractivity contribution is 0.338. The molecule has 1 nitrogen and oxygen atoms in total. The zero-order chi connectivity index (χ0) is 11.5. The Morgan fingerprint density at radius 1 is 0.875 bits per heavy atom. The summed E-state index contributed by atoms with van der Waals surface area (Å²) in [5.74, 6) is 13.1. The molecule has 0 bridgehead atoms. The minimum Gasteiger partial charge on any atom is -0.281 e. The van der Waals surface area contributed by atoms with Crippen LogP contribution in [0.5, 0.6) is 0 Å². The molecule has 0 aromatic heterocycles. The van der Waals surface area contributed by atoms with Crippen LogP contribution in [0.25, 0.3) is 0 Å². The molecule has 0 N–H and O–H groups in total. The van der Waals surface area contributed by atoms with Crippen LogP contribution in [-0.2, 0) is 0 Å². The average molecular weight is 217 g/mol. The molecule has 0 saturated heterocycles. The molecule has 0 spiro atoms. The van der Waals surface area contributed by atoms with Crippen molar-refractivity contribution in [3.63, 3.8) is 0 Å². The molecule has 0 saturated carbocycles. The summed E-state index contributed by atoms with van der Waals surface area (Å²) >= 11 is 0. The van der Waals surface area contributed by atoms with Gasteiger partial charge in [-0.05, 0) is 19.3 Å². The molecule has 0 atom stereocenters. The maximum atomic E-state index is 3.27. The Hall–Kier alpha value is -0.920. The van der Waals surface area contributed by atoms with Crippen LogP contribution in [-0.4, -0.2) is 24.5 Å². The first-order valence-electron chi connectivity index (χ1n) is 6.57. The van der Waals surface area contributed by atoms with E-state index in [4.69, 9.17) is 0 Å². The van der Waals surface area contributed by atoms with Crippen molar-refractivity contribution in [3.8, 4) is 23.7 Å². The third-order valence-corrected chi connectivity index (χ3v) is 2.79. The highest BCUT2D eigenvalue weighted by molar-refractivity contribution is 5.06. The quantitative estimate of drug-likeness (QED) is 0.657. The fourth-order valence-electron chi connectivity index (χ4n) is 1.71. The zero-order valence-electron chi connectivity index (χ0n) is 10.5. The number of rotatable bonds is 3. The van der Waals surface area contributed by atoms with Gasteiger partial charge in [-0.2, -0.15) is 0 Å². The molecule has 1 rings (SSSR count). The standard InChI is InChI=1S/C15H23N/c1-2-3-13-16-14-11-9-7-5-4-6-8-10-12-15-16/h2-8,13-15H2,1H3. The molecular formula is C15H23N. The van der Waals surface area contributed by atoms with Crippen molar-refractivity contribution in [1.29, 1.82) is 0 Å². The third-order valence-electron chi connectivity index (χ3n) is 2.79. The van der Waals surface area contributed by atoms with Gasteiger partial charge < -0.3 is 0 Å². The van der Waals surface area contributed by atoms with Gasteiger partial charge in [0, 0.05) is 19.4 Å². The van der Waals surface area contributed by atoms with Crippen LogP contribution in [0, 0.1) is 23.7 Å². The van der Waals surface area contributed by atoms with Crippen LogP contribution >= 0.6 is 0 Å². The molecular weight excluding hydrogens is 194 g/mol. The summed E-state index contributed by atoms with van der Waals surface area (Å²) in [5.41, 5.74) is 0. The monoisotopic (exact) mass is 217 g/mol. The molecule has 0 unspecified atom stereocenters. The normalized spacial score (nSPS) is 18.3. The van der Waals surface area contributed by atoms with E-state index in [2.05, 4.69) is 35.5 Å². The lowest BCUT2D eigenvalue weighted by Crippen LogP contribution is -2.25. The van der Waals surface area contributed by atoms with Crippen LogP contribution in [0.1, 0.15) is 51.9 Å². The Bertz CT molecular complexity index is 258. The van der Waals surface area contributed by atoms with Crippen molar-refractivity contribution < 1.29 is 0 Å². The maximum absolute atomic E-state index is 3.27. The van der Waals surface area contributed by atoms with Crippen LogP contribution in [0.3, 0.4) is 0 Å². The Balaban J connectivity index is 2.41. The molecule has 0 amide bonds. The van der Waals surface area contributed by atoms with Crippen LogP contribution in [0.2, 0.25) is 0 Å². The first-order valence-corrected chi connectivity index (χ1v) is 6.57. The summed E-state index contributed by atoms with van der Waals surface area (Å²) in [6.45, 7) is 5.16. The van der Waals surface area contributed by atoms with Crippen LogP contribution in [0.4, 0.5) is 0 Å². The Morgan fingerprint density at radius 2 is 1.50 bits per heavy atom. The van der Waals surface area contributed by atoms with Crippen molar-refractivity contribution in [2.24, 2.45) is 0 Å². The van der Waals surface area contributed by atoms with Crippen molar-refractivity contribution in [3.05, 3.63) is 0 Å². The van der Waals surface area contributed by atoms with Gasteiger partial charge in [0.05, 0.1) is 13.1 Å². The highest BCUT2D eigenvalue weighted by Crippen LogP contribution is 2.02. The molecule has 0 aliphatic carbocycles. The molecule has 1 heterocycles. The first kappa shape index (κ1) is 13.1. The SMILES string of the molecule is CCCCN1CC#CCCCCCC#CC1. The number of hydrogen-bond donors (Lipinski definition) is 0. The number of nitrogens with zero attached hydrogens (tertiary/aromatic N) is 1. The second kappa shape index (κ2) is 9.32. The average Bonchev–Trinajstić information content (AvgIpc) is 2.28. The van der Waals surface area contributed by atoms with Gasteiger partial charge >= 0.3 is 0 Å². The fourth-order valence-corrected chi connectivity index (χ4v) is 1.71. The first-order chi connectivity index (χ1) is 7.93. The van der Waals surface area contributed by atoms with Crippen LogP contribution in [0.15, 0.2) is 0 Å². The Labute approximate surface area is 101 Å². The molecule has 0 fully saturated rings. The van der Waals surface area contributed by atoms with Crippen molar-refractivity contribution in [2.75, 3.05) is 19.6 Å². The summed E-state index contributed by atoms with van der Waals surface area (Å²) in [6, 6.07) is 0. The topological polar surface area (TPSA) is 3.24 Å². The zero-order valence-corrected chi connectivity index (χ0v) is 10.5. The summed E-state index contributed by atoms with van der Waals surface area (Å²) in [6.07, 6.45) is 8.39. The third kappa shape index (κ3) is 6.54. The molecule has 1 aliphatic heterocycles. The van der Waals surface area contributed by atoms with Gasteiger partial charge in [0.25, 0.3) is 0 Å². The smallest absolute Gasteiger partial charge is 0.0609 e. The predicted octanol–water partition coefficient (Wildman–Crippen LogP) is 3.06. The van der Waals surface area contributed by atoms with E-state index >= 15 is 0 Å². The van der Waals surface area contributed by atoms with Crippen molar-refractivity contribution >= 4 is 0 Å². The highest BCUT2D eigenvalue weighted by atomic mass is 15.1. The van der Waals surface area contributed by atoms with Gasteiger partial charge in [0.15, 0.2) is 0 Å². The number of hydrogen-bond acceptors (Lipinski definition) is 1. The minimum atomic E-state index is 0.898. The van der Waals surface area contributed by atoms with Gasteiger partial charge in [-0.1, -0.05) is 31.6 Å². The van der Waals surface area contributed by atoms with E-state index in [9.17, 15) is 0 Å². The summed E-state index contributed by atoms with van der Waals surface area (Å²) in [7, 11) is 0. The van der Waals surface area contributed by atoms with E-state index in [0.29, 0.717) is 0 Å². The molecule has 0 aromatic carbocycles. The van der Waals surface area contributed by atoms with E-state index in [1.807, 2.05) is 0 Å². The minimum absolute atomic E-state index is 0.898. The van der Waals surface area contributed by atoms with Gasteiger partial charge in [-0.15, -0.1) is 11.8 Å².